The van der Waals surface area contributed by atoms with Gasteiger partial charge in [-0.3, -0.25) is 4.99 Å². The molecule has 0 N–H and O–H groups in total. The highest BCUT2D eigenvalue weighted by molar-refractivity contribution is 5.76. The zero-order valence-corrected chi connectivity index (χ0v) is 13.0. The Labute approximate surface area is 123 Å². The molecule has 1 aliphatic rings. The van der Waals surface area contributed by atoms with Gasteiger partial charge in [0.05, 0.1) is 26.4 Å². The molecule has 0 aromatic heterocycles. The molecule has 0 saturated carbocycles. The van der Waals surface area contributed by atoms with Crippen molar-refractivity contribution in [3.8, 4) is 0 Å². The molecular weight excluding hydrogens is 254 g/mol. The number of aliphatic imine (C=N–C) groups is 1. The smallest absolute Gasteiger partial charge is 0.183 e. The Morgan fingerprint density at radius 3 is 3.00 bits per heavy atom. The van der Waals surface area contributed by atoms with Crippen molar-refractivity contribution in [3.05, 3.63) is 12.7 Å². The van der Waals surface area contributed by atoms with Gasteiger partial charge in [-0.05, 0) is 44.9 Å². The van der Waals surface area contributed by atoms with Crippen LogP contribution in [-0.4, -0.2) is 32.3 Å². The van der Waals surface area contributed by atoms with E-state index >= 15 is 0 Å². The monoisotopic (exact) mass is 283 g/mol. The molecule has 20 heavy (non-hydrogen) atoms. The summed E-state index contributed by atoms with van der Waals surface area (Å²) in [6, 6.07) is 0.381. The van der Waals surface area contributed by atoms with Crippen LogP contribution in [-0.2, 0) is 14.5 Å². The molecule has 0 fully saturated rings. The van der Waals surface area contributed by atoms with Gasteiger partial charge in [0, 0.05) is 6.42 Å². The van der Waals surface area contributed by atoms with Crippen molar-refractivity contribution in [1.82, 2.24) is 0 Å². The predicted molar refractivity (Wildman–Crippen MR) is 81.8 cm³/mol. The molecule has 4 heteroatoms. The maximum Gasteiger partial charge on any atom is 0.183 e. The molecule has 1 heterocycles. The number of ether oxygens (including phenoxy) is 1. The van der Waals surface area contributed by atoms with Gasteiger partial charge >= 0.3 is 0 Å². The molecule has 2 unspecified atom stereocenters. The molecule has 0 aromatic rings. The molecule has 0 spiro atoms. The van der Waals surface area contributed by atoms with Crippen LogP contribution in [0.1, 0.15) is 51.9 Å². The lowest BCUT2D eigenvalue weighted by Crippen LogP contribution is -2.15. The fourth-order valence-corrected chi connectivity index (χ4v) is 2.69. The van der Waals surface area contributed by atoms with Crippen molar-refractivity contribution in [3.63, 3.8) is 0 Å². The van der Waals surface area contributed by atoms with E-state index in [1.54, 1.807) is 7.11 Å². The summed E-state index contributed by atoms with van der Waals surface area (Å²) in [4.78, 5) is 14.4. The molecule has 4 nitrogen and oxygen atoms in total. The first-order valence-corrected chi connectivity index (χ1v) is 7.76. The van der Waals surface area contributed by atoms with Crippen molar-refractivity contribution in [2.24, 2.45) is 10.9 Å². The van der Waals surface area contributed by atoms with Crippen LogP contribution in [0.3, 0.4) is 0 Å². The van der Waals surface area contributed by atoms with Crippen molar-refractivity contribution in [2.75, 3.05) is 20.3 Å². The van der Waals surface area contributed by atoms with E-state index in [-0.39, 0.29) is 0 Å². The van der Waals surface area contributed by atoms with Crippen LogP contribution in [0.15, 0.2) is 17.6 Å². The summed E-state index contributed by atoms with van der Waals surface area (Å²) in [6.45, 7) is 7.21. The highest BCUT2D eigenvalue weighted by Crippen LogP contribution is 2.24. The fraction of sp³-hybridized carbons (Fsp3) is 0.812. The number of hydrogen-bond donors (Lipinski definition) is 0. The Morgan fingerprint density at radius 2 is 2.30 bits per heavy atom. The number of nitrogens with zero attached hydrogens (tertiary/aromatic N) is 1. The lowest BCUT2D eigenvalue weighted by Gasteiger charge is -2.19. The van der Waals surface area contributed by atoms with Gasteiger partial charge in [0.1, 0.15) is 0 Å². The summed E-state index contributed by atoms with van der Waals surface area (Å²) >= 11 is 0. The first-order valence-electron chi connectivity index (χ1n) is 7.76. The molecule has 2 atom stereocenters. The third-order valence-corrected chi connectivity index (χ3v) is 3.65. The number of hydrogen-bond acceptors (Lipinski definition) is 4. The van der Waals surface area contributed by atoms with E-state index in [0.29, 0.717) is 25.2 Å². The molecular formula is C16H29NO3. The normalized spacial score (nSPS) is 20.9. The van der Waals surface area contributed by atoms with Gasteiger partial charge in [-0.1, -0.05) is 12.5 Å². The molecule has 1 aliphatic heterocycles. The molecule has 0 amide bonds. The van der Waals surface area contributed by atoms with Gasteiger partial charge in [-0.25, -0.2) is 9.78 Å². The standard InChI is InChI=1S/C16H29NO3/c1-4-8-14(11-12-20-18-3)13-15-9-6-7-10-16(17-15)19-5-2/h4,14-15H,1,5-13H2,2-3H3. The lowest BCUT2D eigenvalue weighted by molar-refractivity contribution is -0.274. The molecule has 116 valence electrons. The average molecular weight is 283 g/mol. The van der Waals surface area contributed by atoms with E-state index < -0.39 is 0 Å². The molecule has 0 bridgehead atoms. The second-order valence-corrected chi connectivity index (χ2v) is 5.26. The Morgan fingerprint density at radius 1 is 1.45 bits per heavy atom. The molecule has 0 aromatic carbocycles. The van der Waals surface area contributed by atoms with Crippen LogP contribution in [0.4, 0.5) is 0 Å². The summed E-state index contributed by atoms with van der Waals surface area (Å²) in [7, 11) is 1.55. The van der Waals surface area contributed by atoms with Gasteiger partial charge in [-0.15, -0.1) is 6.58 Å². The quantitative estimate of drug-likeness (QED) is 0.279. The third-order valence-electron chi connectivity index (χ3n) is 3.65. The summed E-state index contributed by atoms with van der Waals surface area (Å²) in [5.74, 6) is 1.50. The van der Waals surface area contributed by atoms with Crippen molar-refractivity contribution in [1.29, 1.82) is 0 Å². The Bertz CT molecular complexity index is 291. The van der Waals surface area contributed by atoms with E-state index in [2.05, 4.69) is 11.5 Å². The van der Waals surface area contributed by atoms with Crippen LogP contribution in [0.5, 0.6) is 0 Å². The van der Waals surface area contributed by atoms with Gasteiger partial charge in [0.15, 0.2) is 5.90 Å². The van der Waals surface area contributed by atoms with Crippen LogP contribution < -0.4 is 0 Å². The SMILES string of the molecule is C=CCC(CCOOC)CC1CCCCC(OCC)=N1. The maximum atomic E-state index is 5.62. The maximum absolute atomic E-state index is 5.62. The van der Waals surface area contributed by atoms with E-state index in [0.717, 1.165) is 38.0 Å². The van der Waals surface area contributed by atoms with E-state index in [1.807, 2.05) is 13.0 Å². The lowest BCUT2D eigenvalue weighted by atomic mass is 9.92. The minimum Gasteiger partial charge on any atom is -0.481 e. The van der Waals surface area contributed by atoms with Crippen LogP contribution in [0, 0.1) is 5.92 Å². The van der Waals surface area contributed by atoms with Crippen molar-refractivity contribution in [2.45, 2.75) is 57.9 Å². The van der Waals surface area contributed by atoms with E-state index in [1.165, 1.54) is 12.8 Å². The molecule has 0 saturated heterocycles. The second-order valence-electron chi connectivity index (χ2n) is 5.26. The molecule has 1 rings (SSSR count). The van der Waals surface area contributed by atoms with Gasteiger partial charge < -0.3 is 4.74 Å². The van der Waals surface area contributed by atoms with Gasteiger partial charge in [-0.2, -0.15) is 0 Å². The third kappa shape index (κ3) is 7.06. The molecule has 0 aliphatic carbocycles. The zero-order valence-electron chi connectivity index (χ0n) is 13.0. The Balaban J connectivity index is 2.50. The predicted octanol–water partition coefficient (Wildman–Crippen LogP) is 3.91. The summed E-state index contributed by atoms with van der Waals surface area (Å²) in [5, 5.41) is 0. The first kappa shape index (κ1) is 17.2. The summed E-state index contributed by atoms with van der Waals surface area (Å²) in [6.07, 6.45) is 9.63. The topological polar surface area (TPSA) is 40.0 Å². The summed E-state index contributed by atoms with van der Waals surface area (Å²) < 4.78 is 5.62. The van der Waals surface area contributed by atoms with Crippen molar-refractivity contribution < 1.29 is 14.5 Å². The van der Waals surface area contributed by atoms with E-state index in [4.69, 9.17) is 14.6 Å². The minimum absolute atomic E-state index is 0.381. The highest BCUT2D eigenvalue weighted by atomic mass is 17.2. The zero-order chi connectivity index (χ0) is 14.6. The van der Waals surface area contributed by atoms with E-state index in [9.17, 15) is 0 Å². The fourth-order valence-electron chi connectivity index (χ4n) is 2.69. The van der Waals surface area contributed by atoms with Crippen molar-refractivity contribution >= 4 is 5.90 Å². The second kappa shape index (κ2) is 10.9. The number of rotatable bonds is 9. The van der Waals surface area contributed by atoms with Gasteiger partial charge in [0.25, 0.3) is 0 Å². The highest BCUT2D eigenvalue weighted by Gasteiger charge is 2.18. The molecule has 0 radical (unpaired) electrons. The van der Waals surface area contributed by atoms with Crippen LogP contribution in [0.25, 0.3) is 0 Å². The minimum atomic E-state index is 0.381. The first-order chi connectivity index (χ1) is 9.80. The van der Waals surface area contributed by atoms with Crippen LogP contribution in [0.2, 0.25) is 0 Å². The average Bonchev–Trinajstić information content (AvgIpc) is 2.65. The van der Waals surface area contributed by atoms with Gasteiger partial charge in [0.2, 0.25) is 0 Å². The van der Waals surface area contributed by atoms with Crippen LogP contribution >= 0.6 is 0 Å². The summed E-state index contributed by atoms with van der Waals surface area (Å²) in [5.41, 5.74) is 0. The Hall–Kier alpha value is -0.870. The Kier molecular flexibility index (Phi) is 9.33. The number of allylic oxidation sites excluding steroid dienone is 1. The largest absolute Gasteiger partial charge is 0.481 e.